The molecule has 1 heteroatoms. The fourth-order valence-corrected chi connectivity index (χ4v) is 0.868. The van der Waals surface area contributed by atoms with Gasteiger partial charge in [-0.15, -0.1) is 11.6 Å². The maximum absolute atomic E-state index is 5.54. The van der Waals surface area contributed by atoms with Gasteiger partial charge in [-0.1, -0.05) is 45.1 Å². The van der Waals surface area contributed by atoms with Crippen molar-refractivity contribution in [3.05, 3.63) is 24.3 Å². The summed E-state index contributed by atoms with van der Waals surface area (Å²) in [6.07, 6.45) is 10.7. The summed E-state index contributed by atoms with van der Waals surface area (Å²) in [5, 5.41) is 0. The molecule has 0 aromatic carbocycles. The van der Waals surface area contributed by atoms with Gasteiger partial charge in [-0.2, -0.15) is 0 Å². The third-order valence-electron chi connectivity index (χ3n) is 1.35. The Morgan fingerprint density at radius 2 is 1.83 bits per heavy atom. The number of hydrogen-bond acceptors (Lipinski definition) is 0. The first-order chi connectivity index (χ1) is 5.56. The highest BCUT2D eigenvalue weighted by Gasteiger charge is 2.01. The quantitative estimate of drug-likeness (QED) is 0.351. The number of allylic oxidation sites excluding steroid dienone is 4. The Hall–Kier alpha value is -0.230. The van der Waals surface area contributed by atoms with Crippen molar-refractivity contribution < 1.29 is 0 Å². The molecule has 0 bridgehead atoms. The molecule has 0 heterocycles. The van der Waals surface area contributed by atoms with Crippen LogP contribution in [0.1, 0.15) is 33.6 Å². The van der Waals surface area contributed by atoms with Crippen LogP contribution in [-0.4, -0.2) is 5.88 Å². The van der Waals surface area contributed by atoms with Gasteiger partial charge in [-0.25, -0.2) is 0 Å². The summed E-state index contributed by atoms with van der Waals surface area (Å²) < 4.78 is 0. The largest absolute Gasteiger partial charge is 0.127 e. The molecule has 12 heavy (non-hydrogen) atoms. The van der Waals surface area contributed by atoms with Crippen LogP contribution in [0.2, 0.25) is 0 Å². The molecule has 0 atom stereocenters. The van der Waals surface area contributed by atoms with E-state index in [0.717, 1.165) is 18.7 Å². The summed E-state index contributed by atoms with van der Waals surface area (Å²) in [6.45, 7) is 6.57. The number of rotatable bonds is 4. The molecule has 0 radical (unpaired) electrons. The second-order valence-corrected chi connectivity index (χ2v) is 4.36. The van der Waals surface area contributed by atoms with Gasteiger partial charge in [0.2, 0.25) is 0 Å². The van der Waals surface area contributed by atoms with Gasteiger partial charge < -0.3 is 0 Å². The minimum Gasteiger partial charge on any atom is -0.127 e. The average Bonchev–Trinajstić information content (AvgIpc) is 1.94. The highest BCUT2D eigenvalue weighted by molar-refractivity contribution is 6.17. The van der Waals surface area contributed by atoms with E-state index in [-0.39, 0.29) is 5.41 Å². The van der Waals surface area contributed by atoms with E-state index in [9.17, 15) is 0 Å². The van der Waals surface area contributed by atoms with E-state index in [4.69, 9.17) is 11.6 Å². The highest BCUT2D eigenvalue weighted by atomic mass is 35.5. The summed E-state index contributed by atoms with van der Waals surface area (Å²) in [4.78, 5) is 0. The Labute approximate surface area is 81.3 Å². The van der Waals surface area contributed by atoms with Crippen molar-refractivity contribution in [1.29, 1.82) is 0 Å². The molecule has 0 nitrogen and oxygen atoms in total. The molecular formula is C11H19Cl. The molecule has 0 rings (SSSR count). The van der Waals surface area contributed by atoms with Gasteiger partial charge >= 0.3 is 0 Å². The van der Waals surface area contributed by atoms with Crippen LogP contribution in [0, 0.1) is 5.41 Å². The van der Waals surface area contributed by atoms with Gasteiger partial charge in [0.1, 0.15) is 0 Å². The van der Waals surface area contributed by atoms with Gasteiger partial charge in [0, 0.05) is 5.88 Å². The lowest BCUT2D eigenvalue weighted by Gasteiger charge is -2.09. The van der Waals surface area contributed by atoms with Crippen LogP contribution in [0.15, 0.2) is 24.3 Å². The van der Waals surface area contributed by atoms with Gasteiger partial charge in [-0.05, 0) is 18.3 Å². The molecule has 0 N–H and O–H groups in total. The first-order valence-corrected chi connectivity index (χ1v) is 5.00. The molecule has 70 valence electrons. The molecule has 0 aliphatic rings. The van der Waals surface area contributed by atoms with Crippen LogP contribution in [-0.2, 0) is 0 Å². The van der Waals surface area contributed by atoms with E-state index in [0.29, 0.717) is 0 Å². The predicted molar refractivity (Wildman–Crippen MR) is 57.7 cm³/mol. The van der Waals surface area contributed by atoms with Crippen LogP contribution in [0.4, 0.5) is 0 Å². The lowest BCUT2D eigenvalue weighted by molar-refractivity contribution is 0.544. The lowest BCUT2D eigenvalue weighted by Crippen LogP contribution is -1.97. The van der Waals surface area contributed by atoms with Gasteiger partial charge in [0.15, 0.2) is 0 Å². The summed E-state index contributed by atoms with van der Waals surface area (Å²) in [7, 11) is 0. The minimum absolute atomic E-state index is 0.289. The van der Waals surface area contributed by atoms with E-state index in [1.54, 1.807) is 0 Å². The Morgan fingerprint density at radius 1 is 1.17 bits per heavy atom. The average molecular weight is 187 g/mol. The molecule has 0 saturated heterocycles. The normalized spacial score (nSPS) is 13.3. The molecule has 0 saturated carbocycles. The molecule has 0 aliphatic carbocycles. The molecule has 0 fully saturated rings. The minimum atomic E-state index is 0.289. The molecular weight excluding hydrogens is 168 g/mol. The zero-order valence-corrected chi connectivity index (χ0v) is 9.06. The van der Waals surface area contributed by atoms with Crippen molar-refractivity contribution >= 4 is 11.6 Å². The summed E-state index contributed by atoms with van der Waals surface area (Å²) in [5.41, 5.74) is 0.289. The molecule has 0 unspecified atom stereocenters. The fourth-order valence-electron chi connectivity index (χ4n) is 0.714. The second-order valence-electron chi connectivity index (χ2n) is 3.98. The van der Waals surface area contributed by atoms with Crippen LogP contribution in [0.5, 0.6) is 0 Å². The van der Waals surface area contributed by atoms with Crippen LogP contribution in [0.25, 0.3) is 0 Å². The fraction of sp³-hybridized carbons (Fsp3) is 0.636. The molecule has 0 aliphatic heterocycles. The van der Waals surface area contributed by atoms with Gasteiger partial charge in [-0.3, -0.25) is 0 Å². The predicted octanol–water partition coefficient (Wildman–Crippen LogP) is 4.16. The lowest BCUT2D eigenvalue weighted by atomic mass is 9.96. The van der Waals surface area contributed by atoms with Crippen LogP contribution >= 0.6 is 11.6 Å². The Kier molecular flexibility index (Phi) is 6.18. The summed E-state index contributed by atoms with van der Waals surface area (Å²) >= 11 is 5.54. The molecule has 0 aromatic rings. The van der Waals surface area contributed by atoms with Crippen LogP contribution < -0.4 is 0 Å². The van der Waals surface area contributed by atoms with Crippen molar-refractivity contribution in [3.63, 3.8) is 0 Å². The van der Waals surface area contributed by atoms with Gasteiger partial charge in [0.05, 0.1) is 0 Å². The topological polar surface area (TPSA) is 0 Å². The Morgan fingerprint density at radius 3 is 2.33 bits per heavy atom. The zero-order valence-electron chi connectivity index (χ0n) is 8.31. The van der Waals surface area contributed by atoms with Crippen molar-refractivity contribution in [3.8, 4) is 0 Å². The number of unbranched alkanes of at least 4 members (excludes halogenated alkanes) is 1. The van der Waals surface area contributed by atoms with E-state index in [2.05, 4.69) is 45.1 Å². The van der Waals surface area contributed by atoms with Gasteiger partial charge in [0.25, 0.3) is 0 Å². The maximum Gasteiger partial charge on any atom is 0.0226 e. The van der Waals surface area contributed by atoms with E-state index < -0.39 is 0 Å². The molecule has 0 aromatic heterocycles. The SMILES string of the molecule is CC(C)(C)C=CC=CCCCCl. The van der Waals surface area contributed by atoms with Crippen molar-refractivity contribution in [1.82, 2.24) is 0 Å². The molecule has 0 amide bonds. The highest BCUT2D eigenvalue weighted by Crippen LogP contribution is 2.14. The van der Waals surface area contributed by atoms with Crippen molar-refractivity contribution in [2.75, 3.05) is 5.88 Å². The standard InChI is InChI=1S/C11H19Cl/c1-11(2,3)9-7-5-4-6-8-10-12/h4-5,7,9H,6,8,10H2,1-3H3. The smallest absolute Gasteiger partial charge is 0.0226 e. The van der Waals surface area contributed by atoms with E-state index in [1.807, 2.05) is 0 Å². The van der Waals surface area contributed by atoms with Crippen LogP contribution in [0.3, 0.4) is 0 Å². The Bertz CT molecular complexity index is 149. The number of halogens is 1. The van der Waals surface area contributed by atoms with E-state index in [1.165, 1.54) is 0 Å². The second kappa shape index (κ2) is 6.30. The first kappa shape index (κ1) is 11.8. The summed E-state index contributed by atoms with van der Waals surface area (Å²) in [5.74, 6) is 0.757. The Balaban J connectivity index is 3.53. The van der Waals surface area contributed by atoms with E-state index >= 15 is 0 Å². The molecule has 0 spiro atoms. The number of hydrogen-bond donors (Lipinski definition) is 0. The monoisotopic (exact) mass is 186 g/mol. The van der Waals surface area contributed by atoms with Crippen molar-refractivity contribution in [2.45, 2.75) is 33.6 Å². The third-order valence-corrected chi connectivity index (χ3v) is 1.62. The maximum atomic E-state index is 5.54. The summed E-state index contributed by atoms with van der Waals surface area (Å²) in [6, 6.07) is 0. The number of alkyl halides is 1. The zero-order chi connectivity index (χ0) is 9.45. The van der Waals surface area contributed by atoms with Crippen molar-refractivity contribution in [2.24, 2.45) is 5.41 Å². The first-order valence-electron chi connectivity index (χ1n) is 4.46. The third kappa shape index (κ3) is 9.77.